The van der Waals surface area contributed by atoms with Crippen LogP contribution in [0.25, 0.3) is 53.6 Å². The van der Waals surface area contributed by atoms with Crippen molar-refractivity contribution in [3.63, 3.8) is 0 Å². The number of hydrogen-bond acceptors (Lipinski definition) is 3. The van der Waals surface area contributed by atoms with Crippen LogP contribution in [0.4, 0.5) is 22.7 Å². The van der Waals surface area contributed by atoms with Crippen molar-refractivity contribution < 1.29 is 0 Å². The molecule has 8 aromatic rings. The maximum absolute atomic E-state index is 2.60. The first kappa shape index (κ1) is 36.2. The Morgan fingerprint density at radius 2 is 1.31 bits per heavy atom. The Hall–Kier alpha value is -6.68. The zero-order valence-corrected chi connectivity index (χ0v) is 35.6. The van der Waals surface area contributed by atoms with Crippen LogP contribution in [0.3, 0.4) is 0 Å². The van der Waals surface area contributed by atoms with Crippen LogP contribution in [-0.4, -0.2) is 5.54 Å². The van der Waals surface area contributed by atoms with Gasteiger partial charge in [-0.1, -0.05) is 147 Å². The third kappa shape index (κ3) is 5.53. The Bertz CT molecular complexity index is 3180. The number of fused-ring (bicyclic) bond motifs is 10. The van der Waals surface area contributed by atoms with Crippen molar-refractivity contribution in [1.82, 2.24) is 0 Å². The molecule has 2 heterocycles. The summed E-state index contributed by atoms with van der Waals surface area (Å²) in [5, 5.41) is 2.70. The van der Waals surface area contributed by atoms with Crippen LogP contribution < -0.4 is 9.80 Å². The van der Waals surface area contributed by atoms with Gasteiger partial charge in [0.05, 0.1) is 5.54 Å². The van der Waals surface area contributed by atoms with Crippen molar-refractivity contribution in [1.29, 1.82) is 0 Å². The van der Waals surface area contributed by atoms with E-state index in [-0.39, 0.29) is 16.9 Å². The van der Waals surface area contributed by atoms with Gasteiger partial charge in [0.25, 0.3) is 0 Å². The molecular formula is C58H46N2S. The summed E-state index contributed by atoms with van der Waals surface area (Å²) in [6.07, 6.45) is 18.2. The highest BCUT2D eigenvalue weighted by atomic mass is 32.1. The minimum absolute atomic E-state index is 0.122. The van der Waals surface area contributed by atoms with E-state index in [1.165, 1.54) is 81.6 Å². The van der Waals surface area contributed by atoms with E-state index in [2.05, 4.69) is 225 Å². The number of nitrogens with zero attached hydrogens (tertiary/aromatic N) is 2. The minimum Gasteiger partial charge on any atom is -0.335 e. The SMILES string of the molecule is CC1(C)c2cc(N(c3ccc(-c4ccccc4)cc3)c3ccc(-c4ccc5c(c4)C4C=CC=CC4(C)N5C4=CC=CCC4)cc3)ccc2-c2c1ccc1c2sc2ccccc21. The van der Waals surface area contributed by atoms with Gasteiger partial charge in [-0.3, -0.25) is 0 Å². The lowest BCUT2D eigenvalue weighted by molar-refractivity contribution is 0.520. The summed E-state index contributed by atoms with van der Waals surface area (Å²) in [5.74, 6) is 0.290. The van der Waals surface area contributed by atoms with Gasteiger partial charge in [-0.05, 0) is 125 Å². The zero-order chi connectivity index (χ0) is 40.9. The molecule has 0 radical (unpaired) electrons. The van der Waals surface area contributed by atoms with Crippen molar-refractivity contribution in [2.24, 2.45) is 0 Å². The molecule has 12 rings (SSSR count). The average molecular weight is 803 g/mol. The molecule has 0 N–H and O–H groups in total. The Morgan fingerprint density at radius 1 is 0.607 bits per heavy atom. The predicted molar refractivity (Wildman–Crippen MR) is 261 cm³/mol. The smallest absolute Gasteiger partial charge is 0.0709 e. The zero-order valence-electron chi connectivity index (χ0n) is 34.8. The summed E-state index contributed by atoms with van der Waals surface area (Å²) in [5.41, 5.74) is 17.7. The monoisotopic (exact) mass is 802 g/mol. The lowest BCUT2D eigenvalue weighted by Crippen LogP contribution is -2.44. The highest BCUT2D eigenvalue weighted by molar-refractivity contribution is 7.26. The molecule has 0 fully saturated rings. The third-order valence-electron chi connectivity index (χ3n) is 14.0. The molecule has 0 saturated heterocycles. The number of benzene rings is 7. The van der Waals surface area contributed by atoms with E-state index in [9.17, 15) is 0 Å². The van der Waals surface area contributed by atoms with E-state index in [4.69, 9.17) is 0 Å². The van der Waals surface area contributed by atoms with Crippen molar-refractivity contribution in [3.8, 4) is 33.4 Å². The Kier molecular flexibility index (Phi) is 8.11. The van der Waals surface area contributed by atoms with Gasteiger partial charge >= 0.3 is 0 Å². The second kappa shape index (κ2) is 13.7. The summed E-state index contributed by atoms with van der Waals surface area (Å²) >= 11 is 1.93. The molecule has 2 atom stereocenters. The van der Waals surface area contributed by atoms with Gasteiger partial charge in [-0.15, -0.1) is 11.3 Å². The number of hydrogen-bond donors (Lipinski definition) is 0. The molecular weight excluding hydrogens is 757 g/mol. The van der Waals surface area contributed by atoms with Crippen LogP contribution in [0, 0.1) is 0 Å². The normalized spacial score (nSPS) is 19.2. The van der Waals surface area contributed by atoms with Crippen LogP contribution in [0.5, 0.6) is 0 Å². The summed E-state index contributed by atoms with van der Waals surface area (Å²) in [4.78, 5) is 5.04. The van der Waals surface area contributed by atoms with E-state index in [0.29, 0.717) is 0 Å². The fourth-order valence-corrected chi connectivity index (χ4v) is 12.1. The van der Waals surface area contributed by atoms with Crippen LogP contribution in [0.1, 0.15) is 56.2 Å². The minimum atomic E-state index is -0.148. The standard InChI is InChI=1S/C58H46N2S/c1-57(2)51-33-32-47-46-18-10-11-20-54(46)61-56(47)55(51)48-31-30-45(37-52(48)57)59(42-26-21-39(22-27-42)38-14-6-4-7-15-38)43-28-23-40(24-29-43)41-25-34-53-49(36-41)50-19-12-13-35-58(50,3)60(53)44-16-8-5-9-17-44/h4-8,10-16,18-37,50H,9,17H2,1-3H3. The number of allylic oxidation sites excluding steroid dienone is 6. The summed E-state index contributed by atoms with van der Waals surface area (Å²) < 4.78 is 2.74. The molecule has 3 aliphatic carbocycles. The molecule has 4 aliphatic rings. The van der Waals surface area contributed by atoms with E-state index >= 15 is 0 Å². The molecule has 2 nitrogen and oxygen atoms in total. The van der Waals surface area contributed by atoms with E-state index < -0.39 is 0 Å². The van der Waals surface area contributed by atoms with Crippen molar-refractivity contribution in [3.05, 3.63) is 217 Å². The fourth-order valence-electron chi connectivity index (χ4n) is 10.9. The molecule has 61 heavy (non-hydrogen) atoms. The predicted octanol–water partition coefficient (Wildman–Crippen LogP) is 16.2. The highest BCUT2D eigenvalue weighted by Gasteiger charge is 2.47. The first-order valence-electron chi connectivity index (χ1n) is 21.7. The van der Waals surface area contributed by atoms with Crippen molar-refractivity contribution >= 4 is 54.3 Å². The maximum Gasteiger partial charge on any atom is 0.0709 e. The van der Waals surface area contributed by atoms with Gasteiger partial charge < -0.3 is 9.80 Å². The molecule has 7 aromatic carbocycles. The van der Waals surface area contributed by atoms with E-state index in [0.717, 1.165) is 29.9 Å². The third-order valence-corrected chi connectivity index (χ3v) is 15.2. The van der Waals surface area contributed by atoms with Crippen molar-refractivity contribution in [2.45, 2.75) is 50.5 Å². The highest BCUT2D eigenvalue weighted by Crippen LogP contribution is 2.56. The average Bonchev–Trinajstić information content (AvgIpc) is 3.89. The molecule has 1 aliphatic heterocycles. The molecule has 0 saturated carbocycles. The number of rotatable bonds is 6. The fraction of sp³-hybridized carbons (Fsp3) is 0.138. The first-order valence-corrected chi connectivity index (χ1v) is 22.5. The van der Waals surface area contributed by atoms with Gasteiger partial charge in [-0.25, -0.2) is 0 Å². The lowest BCUT2D eigenvalue weighted by atomic mass is 9.80. The number of anilines is 4. The molecule has 1 aromatic heterocycles. The Morgan fingerprint density at radius 3 is 2.08 bits per heavy atom. The quantitative estimate of drug-likeness (QED) is 0.165. The lowest BCUT2D eigenvalue weighted by Gasteiger charge is -2.41. The van der Waals surface area contributed by atoms with Crippen LogP contribution >= 0.6 is 11.3 Å². The Balaban J connectivity index is 0.952. The maximum atomic E-state index is 2.60. The molecule has 294 valence electrons. The molecule has 0 bridgehead atoms. The second-order valence-electron chi connectivity index (χ2n) is 17.8. The van der Waals surface area contributed by atoms with Gasteiger partial charge in [0.15, 0.2) is 0 Å². The summed E-state index contributed by atoms with van der Waals surface area (Å²) in [6, 6.07) is 56.9. The van der Waals surface area contributed by atoms with Gasteiger partial charge in [0.1, 0.15) is 0 Å². The molecule has 0 amide bonds. The van der Waals surface area contributed by atoms with Crippen molar-refractivity contribution in [2.75, 3.05) is 9.80 Å². The molecule has 3 heteroatoms. The van der Waals surface area contributed by atoms with Crippen LogP contribution in [0.2, 0.25) is 0 Å². The molecule has 0 spiro atoms. The molecule has 2 unspecified atom stereocenters. The van der Waals surface area contributed by atoms with Gasteiger partial charge in [-0.2, -0.15) is 0 Å². The largest absolute Gasteiger partial charge is 0.335 e. The van der Waals surface area contributed by atoms with Crippen LogP contribution in [-0.2, 0) is 5.41 Å². The Labute approximate surface area is 362 Å². The summed E-state index contributed by atoms with van der Waals surface area (Å²) in [7, 11) is 0. The topological polar surface area (TPSA) is 6.48 Å². The van der Waals surface area contributed by atoms with E-state index in [1.54, 1.807) is 0 Å². The van der Waals surface area contributed by atoms with Crippen LogP contribution in [0.15, 0.2) is 200 Å². The number of thiophene rings is 1. The van der Waals surface area contributed by atoms with Gasteiger partial charge in [0.2, 0.25) is 0 Å². The second-order valence-corrected chi connectivity index (χ2v) is 18.8. The first-order chi connectivity index (χ1) is 29.9. The van der Waals surface area contributed by atoms with E-state index in [1.807, 2.05) is 11.3 Å². The van der Waals surface area contributed by atoms with Gasteiger partial charge in [0, 0.05) is 65.5 Å². The summed E-state index contributed by atoms with van der Waals surface area (Å²) in [6.45, 7) is 7.19.